The highest BCUT2D eigenvalue weighted by Gasteiger charge is 2.46. The molecule has 3 rings (SSSR count). The Morgan fingerprint density at radius 3 is 2.39 bits per heavy atom. The van der Waals surface area contributed by atoms with E-state index in [2.05, 4.69) is 0 Å². The van der Waals surface area contributed by atoms with Gasteiger partial charge in [-0.05, 0) is 18.1 Å². The number of benzene rings is 2. The van der Waals surface area contributed by atoms with Crippen LogP contribution in [0.5, 0.6) is 0 Å². The molecule has 1 fully saturated rings. The number of carbonyl (C=O) groups is 1. The highest BCUT2D eigenvalue weighted by Crippen LogP contribution is 2.41. The van der Waals surface area contributed by atoms with Crippen LogP contribution < -0.4 is 0 Å². The van der Waals surface area contributed by atoms with Crippen LogP contribution in [-0.2, 0) is 4.74 Å². The lowest BCUT2D eigenvalue weighted by Crippen LogP contribution is -2.08. The molecule has 1 saturated heterocycles. The monoisotopic (exact) mass is 238 g/mol. The van der Waals surface area contributed by atoms with E-state index in [9.17, 15) is 4.79 Å². The van der Waals surface area contributed by atoms with Gasteiger partial charge in [-0.3, -0.25) is 4.79 Å². The molecule has 90 valence electrons. The average Bonchev–Trinajstić information content (AvgIpc) is 3.20. The molecule has 2 nitrogen and oxygen atoms in total. The van der Waals surface area contributed by atoms with Gasteiger partial charge in [0, 0.05) is 5.56 Å². The highest BCUT2D eigenvalue weighted by molar-refractivity contribution is 6.01. The fourth-order valence-corrected chi connectivity index (χ4v) is 2.22. The van der Waals surface area contributed by atoms with E-state index in [0.29, 0.717) is 0 Å². The van der Waals surface area contributed by atoms with Crippen molar-refractivity contribution in [3.63, 3.8) is 0 Å². The molecule has 1 aliphatic heterocycles. The molecule has 2 atom stereocenters. The third-order valence-electron chi connectivity index (χ3n) is 3.30. The molecule has 2 aromatic carbocycles. The molecule has 2 aromatic rings. The maximum Gasteiger partial charge on any atom is 0.194 e. The van der Waals surface area contributed by atoms with Crippen LogP contribution in [0.3, 0.4) is 0 Å². The molecule has 0 bridgehead atoms. The molecule has 0 N–H and O–H groups in total. The van der Waals surface area contributed by atoms with E-state index in [1.165, 1.54) is 5.56 Å². The number of epoxide rings is 1. The van der Waals surface area contributed by atoms with Crippen LogP contribution in [-0.4, -0.2) is 11.9 Å². The Bertz CT molecular complexity index is 575. The van der Waals surface area contributed by atoms with Crippen LogP contribution in [0.25, 0.3) is 0 Å². The van der Waals surface area contributed by atoms with Gasteiger partial charge >= 0.3 is 0 Å². The Balaban J connectivity index is 1.79. The van der Waals surface area contributed by atoms with Gasteiger partial charge in [0.15, 0.2) is 11.9 Å². The van der Waals surface area contributed by atoms with E-state index in [-0.39, 0.29) is 18.0 Å². The minimum atomic E-state index is -0.312. The second-order valence-electron chi connectivity index (χ2n) is 4.56. The van der Waals surface area contributed by atoms with Crippen LogP contribution in [0.2, 0.25) is 0 Å². The number of carbonyl (C=O) groups excluding carboxylic acids is 1. The van der Waals surface area contributed by atoms with Crippen molar-refractivity contribution in [3.8, 4) is 0 Å². The number of Topliss-reactive ketones (excluding diaryl/α,β-unsaturated/α-hetero) is 1. The molecule has 0 aliphatic carbocycles. The van der Waals surface area contributed by atoms with E-state index in [1.54, 1.807) is 0 Å². The number of ketones is 1. The summed E-state index contributed by atoms with van der Waals surface area (Å²) in [4.78, 5) is 12.2. The Morgan fingerprint density at radius 2 is 1.67 bits per heavy atom. The Morgan fingerprint density at radius 1 is 1.00 bits per heavy atom. The van der Waals surface area contributed by atoms with Gasteiger partial charge in [0.2, 0.25) is 0 Å². The summed E-state index contributed by atoms with van der Waals surface area (Å²) in [6, 6.07) is 17.4. The Labute approximate surface area is 106 Å². The van der Waals surface area contributed by atoms with Crippen LogP contribution >= 0.6 is 0 Å². The van der Waals surface area contributed by atoms with Gasteiger partial charge in [0.25, 0.3) is 0 Å². The van der Waals surface area contributed by atoms with Gasteiger partial charge in [-0.15, -0.1) is 0 Å². The number of hydrogen-bond acceptors (Lipinski definition) is 2. The van der Waals surface area contributed by atoms with Crippen LogP contribution in [0.1, 0.15) is 27.6 Å². The lowest BCUT2D eigenvalue weighted by atomic mass is 10.00. The fraction of sp³-hybridized carbons (Fsp3) is 0.188. The first-order valence-electron chi connectivity index (χ1n) is 6.07. The summed E-state index contributed by atoms with van der Waals surface area (Å²) >= 11 is 0. The van der Waals surface area contributed by atoms with Crippen molar-refractivity contribution >= 4 is 5.78 Å². The second-order valence-corrected chi connectivity index (χ2v) is 4.56. The van der Waals surface area contributed by atoms with E-state index >= 15 is 0 Å². The van der Waals surface area contributed by atoms with E-state index < -0.39 is 0 Å². The fourth-order valence-electron chi connectivity index (χ4n) is 2.22. The van der Waals surface area contributed by atoms with Crippen molar-refractivity contribution in [1.29, 1.82) is 0 Å². The Kier molecular flexibility index (Phi) is 2.73. The van der Waals surface area contributed by atoms with Gasteiger partial charge in [-0.2, -0.15) is 0 Å². The zero-order valence-corrected chi connectivity index (χ0v) is 10.2. The van der Waals surface area contributed by atoms with Crippen molar-refractivity contribution in [3.05, 3.63) is 71.3 Å². The van der Waals surface area contributed by atoms with E-state index in [1.807, 2.05) is 61.5 Å². The van der Waals surface area contributed by atoms with Gasteiger partial charge in [0.1, 0.15) is 6.10 Å². The zero-order chi connectivity index (χ0) is 12.5. The predicted molar refractivity (Wildman–Crippen MR) is 69.6 cm³/mol. The number of aryl methyl sites for hydroxylation is 1. The lowest BCUT2D eigenvalue weighted by Gasteiger charge is -2.01. The first-order chi connectivity index (χ1) is 8.77. The van der Waals surface area contributed by atoms with Crippen molar-refractivity contribution in [2.75, 3.05) is 0 Å². The molecule has 1 aliphatic rings. The quantitative estimate of drug-likeness (QED) is 0.606. The van der Waals surface area contributed by atoms with Crippen molar-refractivity contribution in [2.45, 2.75) is 19.1 Å². The SMILES string of the molecule is Cc1ccccc1[C@@H]1O[C@H]1C(=O)c1ccccc1. The Hall–Kier alpha value is -1.93. The normalized spacial score (nSPS) is 21.6. The lowest BCUT2D eigenvalue weighted by molar-refractivity contribution is 0.0953. The summed E-state index contributed by atoms with van der Waals surface area (Å²) < 4.78 is 5.55. The predicted octanol–water partition coefficient (Wildman–Crippen LogP) is 3.32. The number of hydrogen-bond donors (Lipinski definition) is 0. The van der Waals surface area contributed by atoms with E-state index in [0.717, 1.165) is 11.1 Å². The van der Waals surface area contributed by atoms with Crippen molar-refractivity contribution in [2.24, 2.45) is 0 Å². The minimum Gasteiger partial charge on any atom is -0.356 e. The van der Waals surface area contributed by atoms with Gasteiger partial charge < -0.3 is 4.74 Å². The third-order valence-corrected chi connectivity index (χ3v) is 3.30. The zero-order valence-electron chi connectivity index (χ0n) is 10.2. The summed E-state index contributed by atoms with van der Waals surface area (Å²) in [6.45, 7) is 2.04. The number of ether oxygens (including phenoxy) is 1. The first kappa shape index (κ1) is 11.2. The average molecular weight is 238 g/mol. The minimum absolute atomic E-state index is 0.0705. The first-order valence-corrected chi connectivity index (χ1v) is 6.07. The molecule has 0 aromatic heterocycles. The third kappa shape index (κ3) is 1.95. The number of rotatable bonds is 3. The standard InChI is InChI=1S/C16H14O2/c1-11-7-5-6-10-13(11)15-16(18-15)14(17)12-8-3-2-4-9-12/h2-10,15-16H,1H3/t15-,16-/m0/s1. The molecule has 0 radical (unpaired) electrons. The van der Waals surface area contributed by atoms with Gasteiger partial charge in [-0.1, -0.05) is 54.6 Å². The maximum atomic E-state index is 12.2. The molecule has 0 spiro atoms. The summed E-state index contributed by atoms with van der Waals surface area (Å²) in [6.07, 6.45) is -0.382. The van der Waals surface area contributed by atoms with Gasteiger partial charge in [-0.25, -0.2) is 0 Å². The topological polar surface area (TPSA) is 29.6 Å². The van der Waals surface area contributed by atoms with E-state index in [4.69, 9.17) is 4.74 Å². The smallest absolute Gasteiger partial charge is 0.194 e. The molecule has 0 amide bonds. The molecule has 0 unspecified atom stereocenters. The molecular formula is C16H14O2. The molecular weight excluding hydrogens is 224 g/mol. The molecule has 1 heterocycles. The second kappa shape index (κ2) is 4.39. The highest BCUT2D eigenvalue weighted by atomic mass is 16.6. The van der Waals surface area contributed by atoms with Gasteiger partial charge in [0.05, 0.1) is 0 Å². The molecule has 2 heteroatoms. The summed E-state index contributed by atoms with van der Waals surface area (Å²) in [7, 11) is 0. The van der Waals surface area contributed by atoms with Crippen LogP contribution in [0, 0.1) is 6.92 Å². The molecule has 18 heavy (non-hydrogen) atoms. The van der Waals surface area contributed by atoms with Crippen molar-refractivity contribution in [1.82, 2.24) is 0 Å². The molecule has 0 saturated carbocycles. The maximum absolute atomic E-state index is 12.2. The van der Waals surface area contributed by atoms with Crippen LogP contribution in [0.15, 0.2) is 54.6 Å². The summed E-state index contributed by atoms with van der Waals surface area (Å²) in [5.74, 6) is 0.0730. The summed E-state index contributed by atoms with van der Waals surface area (Å²) in [5, 5.41) is 0. The van der Waals surface area contributed by atoms with Crippen LogP contribution in [0.4, 0.5) is 0 Å². The van der Waals surface area contributed by atoms with Crippen molar-refractivity contribution < 1.29 is 9.53 Å². The summed E-state index contributed by atoms with van der Waals surface area (Å²) in [5.41, 5.74) is 3.01. The largest absolute Gasteiger partial charge is 0.356 e.